The number of anilines is 3. The molecule has 1 aliphatic rings. The van der Waals surface area contributed by atoms with Crippen molar-refractivity contribution in [1.29, 1.82) is 0 Å². The highest BCUT2D eigenvalue weighted by atomic mass is 19.1. The summed E-state index contributed by atoms with van der Waals surface area (Å²) >= 11 is 0. The number of carbonyl (C=O) groups is 1. The van der Waals surface area contributed by atoms with Crippen LogP contribution in [0.3, 0.4) is 0 Å². The summed E-state index contributed by atoms with van der Waals surface area (Å²) in [5.74, 6) is 0.861. The van der Waals surface area contributed by atoms with Gasteiger partial charge in [0.2, 0.25) is 17.7 Å². The van der Waals surface area contributed by atoms with Gasteiger partial charge in [-0.05, 0) is 35.6 Å². The van der Waals surface area contributed by atoms with Crippen LogP contribution in [0, 0.1) is 5.82 Å². The van der Waals surface area contributed by atoms with Crippen LogP contribution < -0.4 is 24.8 Å². The highest BCUT2D eigenvalue weighted by Gasteiger charge is 2.30. The lowest BCUT2D eigenvalue weighted by Gasteiger charge is -2.39. The first-order chi connectivity index (χ1) is 22.1. The van der Waals surface area contributed by atoms with Crippen molar-refractivity contribution in [3.8, 4) is 28.9 Å². The van der Waals surface area contributed by atoms with Gasteiger partial charge in [-0.25, -0.2) is 24.0 Å². The molecule has 0 unspecified atom stereocenters. The number of likely N-dealkylation sites (tertiary alicyclic amines) is 1. The van der Waals surface area contributed by atoms with E-state index in [1.54, 1.807) is 42.5 Å². The molecular formula is C30H24B3FN8O4. The van der Waals surface area contributed by atoms with Crippen LogP contribution in [0.1, 0.15) is 0 Å². The number of rotatable bonds is 11. The van der Waals surface area contributed by atoms with Crippen molar-refractivity contribution in [1.82, 2.24) is 29.6 Å². The molecule has 0 spiro atoms. The molecule has 3 aromatic heterocycles. The number of hydrogen-bond acceptors (Lipinski definition) is 10. The molecule has 1 fully saturated rings. The Kier molecular flexibility index (Phi) is 8.26. The molecule has 1 saturated heterocycles. The fourth-order valence-corrected chi connectivity index (χ4v) is 4.73. The molecule has 0 aliphatic carbocycles. The number of nitrogens with zero attached hydrogens (tertiary/aromatic N) is 6. The van der Waals surface area contributed by atoms with Crippen LogP contribution in [-0.2, 0) is 4.79 Å². The number of amides is 1. The molecule has 0 atom stereocenters. The number of ether oxygens (including phenoxy) is 3. The minimum atomic E-state index is -1.85. The Bertz CT molecular complexity index is 1910. The van der Waals surface area contributed by atoms with Gasteiger partial charge in [0, 0.05) is 48.9 Å². The molecule has 224 valence electrons. The van der Waals surface area contributed by atoms with Crippen LogP contribution in [-0.4, -0.2) is 90.6 Å². The van der Waals surface area contributed by atoms with E-state index in [-0.39, 0.29) is 35.1 Å². The summed E-state index contributed by atoms with van der Waals surface area (Å²) in [4.78, 5) is 26.3. The average Bonchev–Trinajstić information content (AvgIpc) is 3.47. The number of methoxy groups -OCH3 is 1. The molecule has 46 heavy (non-hydrogen) atoms. The lowest BCUT2D eigenvalue weighted by Crippen LogP contribution is -2.56. The quantitative estimate of drug-likeness (QED) is 0.170. The van der Waals surface area contributed by atoms with Crippen molar-refractivity contribution >= 4 is 57.5 Å². The number of pyridine rings is 1. The molecule has 0 bridgehead atoms. The maximum Gasteiger partial charge on any atom is 0.246 e. The second-order valence-electron chi connectivity index (χ2n) is 10.4. The number of hydrogen-bond donors (Lipinski definition) is 2. The van der Waals surface area contributed by atoms with Crippen molar-refractivity contribution in [2.24, 2.45) is 0 Å². The first-order valence-corrected chi connectivity index (χ1v) is 13.9. The number of halogens is 1. The lowest BCUT2D eigenvalue weighted by atomic mass is 9.52. The summed E-state index contributed by atoms with van der Waals surface area (Å²) < 4.78 is 33.2. The third-order valence-electron chi connectivity index (χ3n) is 6.93. The summed E-state index contributed by atoms with van der Waals surface area (Å²) in [7, 11) is 17.8. The van der Waals surface area contributed by atoms with Crippen molar-refractivity contribution < 1.29 is 23.4 Å². The van der Waals surface area contributed by atoms with Gasteiger partial charge >= 0.3 is 0 Å². The van der Waals surface area contributed by atoms with Crippen molar-refractivity contribution in [3.05, 3.63) is 85.7 Å². The maximum absolute atomic E-state index is 15.3. The van der Waals surface area contributed by atoms with Gasteiger partial charge in [-0.1, -0.05) is 6.58 Å². The van der Waals surface area contributed by atoms with Crippen molar-refractivity contribution in [2.45, 2.75) is 11.3 Å². The number of benzene rings is 2. The Balaban J connectivity index is 1.15. The van der Waals surface area contributed by atoms with Crippen LogP contribution in [0.25, 0.3) is 16.6 Å². The van der Waals surface area contributed by atoms with Gasteiger partial charge in [0.15, 0.2) is 0 Å². The van der Waals surface area contributed by atoms with Gasteiger partial charge in [-0.15, -0.1) is 5.10 Å². The Labute approximate surface area is 267 Å². The highest BCUT2D eigenvalue weighted by molar-refractivity contribution is 6.58. The second kappa shape index (κ2) is 12.5. The largest absolute Gasteiger partial charge is 0.501 e. The Morgan fingerprint density at radius 1 is 1.07 bits per heavy atom. The van der Waals surface area contributed by atoms with Gasteiger partial charge in [0.1, 0.15) is 53.0 Å². The smallest absolute Gasteiger partial charge is 0.246 e. The van der Waals surface area contributed by atoms with E-state index in [4.69, 9.17) is 37.7 Å². The standard InChI is InChI=1S/C30H24B3FN8O4/c1-3-28(43)41-14-17(15-41)38-24-11-20-23(12-25(24)44-2)36-16-37-29(20)39-22-6-5-19(10-21(22)34)45-27-8-9-42(40-27)18-4-7-26(35-13-18)46-30(31,32)33/h3-13,16-17,38H,1,14-15H2,2H3,(H,36,37,39). The van der Waals surface area contributed by atoms with E-state index in [1.807, 2.05) is 6.07 Å². The molecule has 6 rings (SSSR count). The van der Waals surface area contributed by atoms with Gasteiger partial charge in [-0.3, -0.25) is 4.79 Å². The van der Waals surface area contributed by atoms with Gasteiger partial charge < -0.3 is 29.7 Å². The van der Waals surface area contributed by atoms with Gasteiger partial charge in [0.25, 0.3) is 0 Å². The molecule has 6 radical (unpaired) electrons. The summed E-state index contributed by atoms with van der Waals surface area (Å²) in [6.07, 6.45) is 5.81. The van der Waals surface area contributed by atoms with Crippen LogP contribution in [0.5, 0.6) is 23.3 Å². The van der Waals surface area contributed by atoms with E-state index in [0.717, 1.165) is 0 Å². The first-order valence-electron chi connectivity index (χ1n) is 13.9. The molecule has 2 N–H and O–H groups in total. The van der Waals surface area contributed by atoms with E-state index < -0.39 is 11.1 Å². The molecular weight excluding hydrogens is 588 g/mol. The average molecular weight is 612 g/mol. The molecule has 2 aromatic carbocycles. The number of aromatic nitrogens is 5. The Morgan fingerprint density at radius 3 is 2.59 bits per heavy atom. The molecule has 0 saturated carbocycles. The molecule has 1 amide bonds. The highest BCUT2D eigenvalue weighted by Crippen LogP contribution is 2.35. The van der Waals surface area contributed by atoms with Crippen LogP contribution in [0.15, 0.2) is 79.9 Å². The number of fused-ring (bicyclic) bond motifs is 1. The Morgan fingerprint density at radius 2 is 1.89 bits per heavy atom. The van der Waals surface area contributed by atoms with E-state index in [2.05, 4.69) is 37.3 Å². The number of nitrogens with one attached hydrogen (secondary N) is 2. The van der Waals surface area contributed by atoms with Gasteiger partial charge in [-0.2, -0.15) is 0 Å². The predicted octanol–water partition coefficient (Wildman–Crippen LogP) is 3.20. The third kappa shape index (κ3) is 6.75. The van der Waals surface area contributed by atoms with E-state index >= 15 is 4.39 Å². The molecule has 1 aliphatic heterocycles. The first kappa shape index (κ1) is 30.5. The minimum Gasteiger partial charge on any atom is -0.501 e. The summed E-state index contributed by atoms with van der Waals surface area (Å²) in [6.45, 7) is 4.59. The second-order valence-corrected chi connectivity index (χ2v) is 10.4. The normalized spacial score (nSPS) is 13.1. The molecule has 4 heterocycles. The number of carbonyl (C=O) groups excluding carboxylic acids is 1. The predicted molar refractivity (Wildman–Crippen MR) is 172 cm³/mol. The van der Waals surface area contributed by atoms with Crippen molar-refractivity contribution in [3.63, 3.8) is 0 Å². The summed E-state index contributed by atoms with van der Waals surface area (Å²) in [5, 5.41) is 9.58. The zero-order chi connectivity index (χ0) is 32.4. The third-order valence-corrected chi connectivity index (χ3v) is 6.93. The molecule has 12 nitrogen and oxygen atoms in total. The molecule has 16 heteroatoms. The summed E-state index contributed by atoms with van der Waals surface area (Å²) in [5.41, 5.74) is 2.05. The van der Waals surface area contributed by atoms with E-state index in [1.165, 1.54) is 41.5 Å². The molecule has 5 aromatic rings. The minimum absolute atomic E-state index is 0.0273. The maximum atomic E-state index is 15.3. The monoisotopic (exact) mass is 612 g/mol. The van der Waals surface area contributed by atoms with E-state index in [9.17, 15) is 4.79 Å². The fourth-order valence-electron chi connectivity index (χ4n) is 4.73. The fraction of sp³-hybridized carbons (Fsp3) is 0.167. The summed E-state index contributed by atoms with van der Waals surface area (Å²) in [6, 6.07) is 12.8. The van der Waals surface area contributed by atoms with Crippen LogP contribution >= 0.6 is 0 Å². The van der Waals surface area contributed by atoms with Crippen LogP contribution in [0.2, 0.25) is 0 Å². The SMILES string of the molecule is [B]C([B])([B])Oc1ccc(-n2ccc(Oc3ccc(Nc4ncnc5cc(OC)c(NC6CN(C(=O)C=C)C6)cc45)c(F)c3)n2)cn1. The zero-order valence-electron chi connectivity index (χ0n) is 24.6. The zero-order valence-corrected chi connectivity index (χ0v) is 24.6. The Hall–Kier alpha value is -5.53. The van der Waals surface area contributed by atoms with Gasteiger partial charge in [0.05, 0.1) is 41.9 Å². The van der Waals surface area contributed by atoms with E-state index in [0.29, 0.717) is 46.9 Å². The van der Waals surface area contributed by atoms with Crippen LogP contribution in [0.4, 0.5) is 21.6 Å². The topological polar surface area (TPSA) is 129 Å². The lowest BCUT2D eigenvalue weighted by molar-refractivity contribution is -0.129. The van der Waals surface area contributed by atoms with Crippen molar-refractivity contribution in [2.75, 3.05) is 30.8 Å².